The molecule has 0 bridgehead atoms. The maximum atomic E-state index is 10.8. The number of carboxylic acid groups (broad SMARTS) is 1. The molecule has 1 aromatic heterocycles. The van der Waals surface area contributed by atoms with Gasteiger partial charge in [0.15, 0.2) is 6.10 Å². The van der Waals surface area contributed by atoms with E-state index in [4.69, 9.17) is 9.84 Å². The van der Waals surface area contributed by atoms with Crippen molar-refractivity contribution < 1.29 is 14.6 Å². The normalized spacial score (nSPS) is 12.3. The van der Waals surface area contributed by atoms with Gasteiger partial charge in [-0.05, 0) is 6.07 Å². The summed E-state index contributed by atoms with van der Waals surface area (Å²) in [6.07, 6.45) is 0.771. The van der Waals surface area contributed by atoms with Crippen LogP contribution in [0.25, 0.3) is 10.9 Å². The SMILES string of the molecule is COC(CNc1ncc2ccccc2n1)C(=O)O. The largest absolute Gasteiger partial charge is 0.479 e. The van der Waals surface area contributed by atoms with Crippen LogP contribution in [0.15, 0.2) is 30.5 Å². The maximum Gasteiger partial charge on any atom is 0.334 e. The van der Waals surface area contributed by atoms with Gasteiger partial charge in [-0.2, -0.15) is 0 Å². The number of nitrogens with one attached hydrogen (secondary N) is 1. The first kappa shape index (κ1) is 12.3. The number of carbonyl (C=O) groups is 1. The molecule has 0 saturated carbocycles. The number of benzene rings is 1. The highest BCUT2D eigenvalue weighted by atomic mass is 16.5. The minimum absolute atomic E-state index is 0.115. The van der Waals surface area contributed by atoms with E-state index in [0.29, 0.717) is 5.95 Å². The first-order valence-corrected chi connectivity index (χ1v) is 5.42. The van der Waals surface area contributed by atoms with E-state index in [9.17, 15) is 4.79 Å². The van der Waals surface area contributed by atoms with Crippen LogP contribution in [0.5, 0.6) is 0 Å². The predicted octanol–water partition coefficient (Wildman–Crippen LogP) is 1.14. The van der Waals surface area contributed by atoms with E-state index in [0.717, 1.165) is 10.9 Å². The molecule has 1 atom stereocenters. The molecule has 0 saturated heterocycles. The number of methoxy groups -OCH3 is 1. The van der Waals surface area contributed by atoms with Crippen molar-refractivity contribution in [1.29, 1.82) is 0 Å². The lowest BCUT2D eigenvalue weighted by Crippen LogP contribution is -2.30. The van der Waals surface area contributed by atoms with Gasteiger partial charge < -0.3 is 15.2 Å². The van der Waals surface area contributed by atoms with Gasteiger partial charge in [-0.15, -0.1) is 0 Å². The van der Waals surface area contributed by atoms with Crippen LogP contribution in [0.1, 0.15) is 0 Å². The van der Waals surface area contributed by atoms with E-state index >= 15 is 0 Å². The number of aromatic nitrogens is 2. The molecule has 18 heavy (non-hydrogen) atoms. The molecule has 2 N–H and O–H groups in total. The van der Waals surface area contributed by atoms with Crippen LogP contribution in [0, 0.1) is 0 Å². The summed E-state index contributed by atoms with van der Waals surface area (Å²) in [4.78, 5) is 19.1. The quantitative estimate of drug-likeness (QED) is 0.824. The average Bonchev–Trinajstić information content (AvgIpc) is 2.39. The summed E-state index contributed by atoms with van der Waals surface area (Å²) in [7, 11) is 1.35. The van der Waals surface area contributed by atoms with Crippen molar-refractivity contribution in [2.24, 2.45) is 0 Å². The number of ether oxygens (including phenoxy) is 1. The van der Waals surface area contributed by atoms with E-state index in [1.807, 2.05) is 24.3 Å². The molecule has 0 aliphatic carbocycles. The summed E-state index contributed by atoms with van der Waals surface area (Å²) < 4.78 is 4.80. The number of anilines is 1. The minimum atomic E-state index is -1.02. The highest BCUT2D eigenvalue weighted by Crippen LogP contribution is 2.11. The summed E-state index contributed by atoms with van der Waals surface area (Å²) in [5.41, 5.74) is 0.805. The molecule has 6 nitrogen and oxygen atoms in total. The molecule has 0 fully saturated rings. The Morgan fingerprint density at radius 3 is 3.00 bits per heavy atom. The Hall–Kier alpha value is -2.21. The van der Waals surface area contributed by atoms with Crippen LogP contribution >= 0.6 is 0 Å². The lowest BCUT2D eigenvalue weighted by Gasteiger charge is -2.11. The topological polar surface area (TPSA) is 84.3 Å². The van der Waals surface area contributed by atoms with Crippen LogP contribution in [-0.4, -0.2) is 40.8 Å². The van der Waals surface area contributed by atoms with Gasteiger partial charge in [0.2, 0.25) is 5.95 Å². The Bertz CT molecular complexity index is 559. The number of carboxylic acids is 1. The van der Waals surface area contributed by atoms with Crippen LogP contribution in [-0.2, 0) is 9.53 Å². The molecule has 0 spiro atoms. The van der Waals surface area contributed by atoms with Gasteiger partial charge in [0.25, 0.3) is 0 Å². The van der Waals surface area contributed by atoms with Gasteiger partial charge in [-0.25, -0.2) is 14.8 Å². The van der Waals surface area contributed by atoms with Crippen molar-refractivity contribution in [2.75, 3.05) is 19.0 Å². The molecule has 0 amide bonds. The zero-order valence-electron chi connectivity index (χ0n) is 9.83. The zero-order valence-corrected chi connectivity index (χ0v) is 9.83. The van der Waals surface area contributed by atoms with E-state index in [2.05, 4.69) is 15.3 Å². The smallest absolute Gasteiger partial charge is 0.334 e. The summed E-state index contributed by atoms with van der Waals surface area (Å²) in [6, 6.07) is 7.57. The van der Waals surface area contributed by atoms with Crippen LogP contribution in [0.4, 0.5) is 5.95 Å². The lowest BCUT2D eigenvalue weighted by molar-refractivity contribution is -0.147. The van der Waals surface area contributed by atoms with Crippen LogP contribution < -0.4 is 5.32 Å². The standard InChI is InChI=1S/C12H13N3O3/c1-18-10(11(16)17)7-14-12-13-6-8-4-2-3-5-9(8)15-12/h2-6,10H,7H2,1H3,(H,16,17)(H,13,14,15). The first-order valence-electron chi connectivity index (χ1n) is 5.42. The van der Waals surface area contributed by atoms with Crippen molar-refractivity contribution >= 4 is 22.8 Å². The van der Waals surface area contributed by atoms with Gasteiger partial charge in [-0.3, -0.25) is 0 Å². The molecule has 1 heterocycles. The third-order valence-corrected chi connectivity index (χ3v) is 2.49. The Labute approximate surface area is 104 Å². The molecule has 94 valence electrons. The van der Waals surface area contributed by atoms with E-state index in [1.54, 1.807) is 6.20 Å². The van der Waals surface area contributed by atoms with E-state index < -0.39 is 12.1 Å². The number of hydrogen-bond acceptors (Lipinski definition) is 5. The second kappa shape index (κ2) is 5.42. The van der Waals surface area contributed by atoms with Crippen LogP contribution in [0.3, 0.4) is 0 Å². The Morgan fingerprint density at radius 1 is 1.50 bits per heavy atom. The maximum absolute atomic E-state index is 10.8. The molecule has 0 aliphatic heterocycles. The number of aliphatic carboxylic acids is 1. The molecule has 0 radical (unpaired) electrons. The number of rotatable bonds is 5. The number of fused-ring (bicyclic) bond motifs is 1. The van der Waals surface area contributed by atoms with E-state index in [-0.39, 0.29) is 6.54 Å². The Balaban J connectivity index is 2.10. The minimum Gasteiger partial charge on any atom is -0.479 e. The summed E-state index contributed by atoms with van der Waals surface area (Å²) in [5, 5.41) is 12.6. The fourth-order valence-electron chi connectivity index (χ4n) is 1.51. The number of hydrogen-bond donors (Lipinski definition) is 2. The van der Waals surface area contributed by atoms with Crippen molar-refractivity contribution in [1.82, 2.24) is 9.97 Å². The van der Waals surface area contributed by atoms with Gasteiger partial charge >= 0.3 is 5.97 Å². The average molecular weight is 247 g/mol. The Kier molecular flexibility index (Phi) is 3.69. The third kappa shape index (κ3) is 2.72. The van der Waals surface area contributed by atoms with Crippen molar-refractivity contribution in [2.45, 2.75) is 6.10 Å². The predicted molar refractivity (Wildman–Crippen MR) is 66.5 cm³/mol. The highest BCUT2D eigenvalue weighted by Gasteiger charge is 2.16. The Morgan fingerprint density at radius 2 is 2.28 bits per heavy atom. The van der Waals surface area contributed by atoms with Gasteiger partial charge in [0.1, 0.15) is 0 Å². The van der Waals surface area contributed by atoms with Crippen LogP contribution in [0.2, 0.25) is 0 Å². The number of para-hydroxylation sites is 1. The first-order chi connectivity index (χ1) is 8.70. The van der Waals surface area contributed by atoms with Crippen molar-refractivity contribution in [3.63, 3.8) is 0 Å². The molecule has 1 unspecified atom stereocenters. The third-order valence-electron chi connectivity index (χ3n) is 2.49. The number of nitrogens with zero attached hydrogens (tertiary/aromatic N) is 2. The molecule has 1 aromatic carbocycles. The molecule has 2 rings (SSSR count). The lowest BCUT2D eigenvalue weighted by atomic mass is 10.2. The van der Waals surface area contributed by atoms with Gasteiger partial charge in [0, 0.05) is 18.7 Å². The zero-order chi connectivity index (χ0) is 13.0. The van der Waals surface area contributed by atoms with E-state index in [1.165, 1.54) is 7.11 Å². The molecule has 6 heteroatoms. The second-order valence-electron chi connectivity index (χ2n) is 3.70. The highest BCUT2D eigenvalue weighted by molar-refractivity contribution is 5.78. The van der Waals surface area contributed by atoms with Gasteiger partial charge in [0.05, 0.1) is 12.1 Å². The monoisotopic (exact) mass is 247 g/mol. The second-order valence-corrected chi connectivity index (χ2v) is 3.70. The van der Waals surface area contributed by atoms with Crippen molar-refractivity contribution in [3.8, 4) is 0 Å². The summed E-state index contributed by atoms with van der Waals surface area (Å²) in [5.74, 6) is -0.636. The fourth-order valence-corrected chi connectivity index (χ4v) is 1.51. The van der Waals surface area contributed by atoms with Gasteiger partial charge in [-0.1, -0.05) is 18.2 Å². The van der Waals surface area contributed by atoms with Crippen molar-refractivity contribution in [3.05, 3.63) is 30.5 Å². The summed E-state index contributed by atoms with van der Waals surface area (Å²) >= 11 is 0. The molecular formula is C12H13N3O3. The fraction of sp³-hybridized carbons (Fsp3) is 0.250. The molecular weight excluding hydrogens is 234 g/mol. The molecule has 2 aromatic rings. The summed E-state index contributed by atoms with van der Waals surface area (Å²) in [6.45, 7) is 0.115. The molecule has 0 aliphatic rings.